The van der Waals surface area contributed by atoms with Gasteiger partial charge in [-0.1, -0.05) is 35.3 Å². The fraction of sp³-hybridized carbons (Fsp3) is 0.316. The monoisotopic (exact) mass is 510 g/mol. The fourth-order valence-corrected chi connectivity index (χ4v) is 5.05. The number of halogens is 4. The van der Waals surface area contributed by atoms with Crippen molar-refractivity contribution in [3.8, 4) is 0 Å². The summed E-state index contributed by atoms with van der Waals surface area (Å²) in [6.07, 6.45) is 0. The van der Waals surface area contributed by atoms with Gasteiger partial charge in [-0.05, 0) is 24.3 Å². The van der Waals surface area contributed by atoms with Gasteiger partial charge in [0.2, 0.25) is 0 Å². The average molecular weight is 512 g/mol. The second-order valence-corrected chi connectivity index (χ2v) is 9.17. The van der Waals surface area contributed by atoms with Crippen molar-refractivity contribution in [1.29, 1.82) is 0 Å². The number of carbonyl (C=O) groups excluding carboxylic acids is 1. The van der Waals surface area contributed by atoms with Crippen LogP contribution >= 0.6 is 23.2 Å². The molecule has 7 nitrogen and oxygen atoms in total. The van der Waals surface area contributed by atoms with Crippen LogP contribution in [0.25, 0.3) is 0 Å². The number of hydrogen-bond donors (Lipinski definition) is 2. The number of sulfonamides is 1. The fourth-order valence-electron chi connectivity index (χ4n) is 3.13. The maximum Gasteiger partial charge on any atom is 0.263 e. The van der Waals surface area contributed by atoms with Crippen LogP contribution in [0, 0.1) is 5.82 Å². The summed E-state index contributed by atoms with van der Waals surface area (Å²) in [6, 6.07) is 7.60. The Morgan fingerprint density at radius 2 is 1.74 bits per heavy atom. The molecule has 1 amide bonds. The van der Waals surface area contributed by atoms with E-state index in [1.54, 1.807) is 4.90 Å². The number of nitrogens with zero attached hydrogens (tertiary/aromatic N) is 2. The summed E-state index contributed by atoms with van der Waals surface area (Å²) in [7, 11) is -4.27. The second kappa shape index (κ2) is 10.8. The molecule has 0 bridgehead atoms. The van der Waals surface area contributed by atoms with E-state index in [4.69, 9.17) is 28.3 Å². The number of para-hydroxylation sites is 1. The molecular weight excluding hydrogens is 492 g/mol. The van der Waals surface area contributed by atoms with Gasteiger partial charge in [-0.2, -0.15) is 0 Å². The molecule has 2 N–H and O–H groups in total. The number of anilines is 1. The lowest BCUT2D eigenvalue weighted by molar-refractivity contribution is -0.0000215. The number of aliphatic hydroxyl groups is 1. The van der Waals surface area contributed by atoms with Crippen LogP contribution in [0.1, 0.15) is 10.4 Å². The lowest BCUT2D eigenvalue weighted by atomic mass is 10.1. The quantitative estimate of drug-likeness (QED) is 0.555. The predicted molar refractivity (Wildman–Crippen MR) is 113 cm³/mol. The smallest absolute Gasteiger partial charge is 0.263 e. The molecule has 0 aliphatic carbocycles. The molecule has 1 aliphatic heterocycles. The number of β-amino-alcohol motifs (C(OH)–C–C–N with tert-alkyl or cyclic N) is 1. The van der Waals surface area contributed by atoms with Crippen molar-refractivity contribution < 1.29 is 35.1 Å². The molecule has 2 aromatic rings. The van der Waals surface area contributed by atoms with Crippen LogP contribution in [0.2, 0.25) is 10.0 Å². The first kappa shape index (κ1) is 25.6. The first-order valence-electron chi connectivity index (χ1n) is 9.12. The molecule has 1 aliphatic rings. The van der Waals surface area contributed by atoms with Gasteiger partial charge in [0, 0.05) is 32.7 Å². The number of piperazine rings is 1. The van der Waals surface area contributed by atoms with E-state index in [1.807, 2.05) is 4.90 Å². The first-order chi connectivity index (χ1) is 14.2. The van der Waals surface area contributed by atoms with Crippen molar-refractivity contribution in [1.82, 2.24) is 9.80 Å². The summed E-state index contributed by atoms with van der Waals surface area (Å²) < 4.78 is 41.6. The summed E-state index contributed by atoms with van der Waals surface area (Å²) in [5, 5.41) is 8.86. The molecule has 1 fully saturated rings. The first-order valence-corrected chi connectivity index (χ1v) is 11.4. The van der Waals surface area contributed by atoms with Gasteiger partial charge >= 0.3 is 0 Å². The molecular formula is C19H20Cl3FN3O4S-. The van der Waals surface area contributed by atoms with Gasteiger partial charge < -0.3 is 22.4 Å². The van der Waals surface area contributed by atoms with Gasteiger partial charge in [-0.15, -0.1) is 0 Å². The van der Waals surface area contributed by atoms with Crippen LogP contribution in [-0.2, 0) is 10.0 Å². The third-order valence-corrected chi connectivity index (χ3v) is 6.88. The molecule has 170 valence electrons. The van der Waals surface area contributed by atoms with Crippen molar-refractivity contribution in [2.75, 3.05) is 44.1 Å². The van der Waals surface area contributed by atoms with Crippen molar-refractivity contribution in [3.05, 3.63) is 57.8 Å². The summed E-state index contributed by atoms with van der Waals surface area (Å²) in [5.41, 5.74) is -0.248. The van der Waals surface area contributed by atoms with Crippen molar-refractivity contribution in [2.45, 2.75) is 4.90 Å². The molecule has 0 spiro atoms. The second-order valence-electron chi connectivity index (χ2n) is 6.71. The Bertz CT molecular complexity index is 1050. The molecule has 0 saturated carbocycles. The van der Waals surface area contributed by atoms with Crippen molar-refractivity contribution in [2.24, 2.45) is 0 Å². The number of amides is 1. The van der Waals surface area contributed by atoms with E-state index in [0.717, 1.165) is 12.1 Å². The Morgan fingerprint density at radius 1 is 1.10 bits per heavy atom. The molecule has 1 saturated heterocycles. The Labute approximate surface area is 196 Å². The number of nitrogens with one attached hydrogen (secondary N) is 1. The number of aliphatic hydroxyl groups excluding tert-OH is 1. The summed E-state index contributed by atoms with van der Waals surface area (Å²) in [4.78, 5) is 16.1. The van der Waals surface area contributed by atoms with E-state index in [0.29, 0.717) is 32.7 Å². The average Bonchev–Trinajstić information content (AvgIpc) is 2.70. The van der Waals surface area contributed by atoms with Gasteiger partial charge in [0.1, 0.15) is 10.7 Å². The summed E-state index contributed by atoms with van der Waals surface area (Å²) >= 11 is 12.3. The van der Waals surface area contributed by atoms with Gasteiger partial charge in [-0.3, -0.25) is 14.4 Å². The zero-order chi connectivity index (χ0) is 21.9. The highest BCUT2D eigenvalue weighted by molar-refractivity contribution is 7.92. The highest BCUT2D eigenvalue weighted by Crippen LogP contribution is 2.31. The minimum atomic E-state index is -4.27. The van der Waals surface area contributed by atoms with E-state index >= 15 is 0 Å². The van der Waals surface area contributed by atoms with Gasteiger partial charge in [0.15, 0.2) is 0 Å². The lowest BCUT2D eigenvalue weighted by Crippen LogP contribution is -3.00. The maximum absolute atomic E-state index is 13.9. The topological polar surface area (TPSA) is 90.0 Å². The number of hydrogen-bond acceptors (Lipinski definition) is 5. The third kappa shape index (κ3) is 6.00. The maximum atomic E-state index is 13.9. The minimum Gasteiger partial charge on any atom is -1.00 e. The molecule has 1 heterocycles. The molecule has 0 radical (unpaired) electrons. The van der Waals surface area contributed by atoms with E-state index in [-0.39, 0.29) is 45.2 Å². The largest absolute Gasteiger partial charge is 1.00 e. The minimum absolute atomic E-state index is 0. The van der Waals surface area contributed by atoms with Crippen molar-refractivity contribution >= 4 is 44.8 Å². The van der Waals surface area contributed by atoms with Gasteiger partial charge in [0.25, 0.3) is 15.9 Å². The summed E-state index contributed by atoms with van der Waals surface area (Å²) in [6.45, 7) is 2.54. The van der Waals surface area contributed by atoms with Crippen LogP contribution in [-0.4, -0.2) is 68.6 Å². The zero-order valence-electron chi connectivity index (χ0n) is 16.2. The molecule has 3 rings (SSSR count). The Morgan fingerprint density at radius 3 is 2.35 bits per heavy atom. The molecule has 31 heavy (non-hydrogen) atoms. The van der Waals surface area contributed by atoms with Gasteiger partial charge in [0.05, 0.1) is 27.9 Å². The normalized spacial score (nSPS) is 14.8. The molecule has 0 atom stereocenters. The molecule has 0 unspecified atom stereocenters. The lowest BCUT2D eigenvalue weighted by Gasteiger charge is -2.34. The Balaban J connectivity index is 0.00000341. The van der Waals surface area contributed by atoms with Crippen LogP contribution in [0.4, 0.5) is 10.1 Å². The van der Waals surface area contributed by atoms with Crippen LogP contribution in [0.15, 0.2) is 41.3 Å². The SMILES string of the molecule is O=C(c1cc(S(=O)(=O)Nc2ccccc2F)c(Cl)cc1Cl)N1CCN(CCO)CC1.[Cl-]. The van der Waals surface area contributed by atoms with E-state index in [1.165, 1.54) is 24.3 Å². The highest BCUT2D eigenvalue weighted by Gasteiger charge is 2.27. The number of benzene rings is 2. The predicted octanol–water partition coefficient (Wildman–Crippen LogP) is -0.313. The zero-order valence-corrected chi connectivity index (χ0v) is 19.3. The van der Waals surface area contributed by atoms with E-state index < -0.39 is 21.7 Å². The van der Waals surface area contributed by atoms with E-state index in [2.05, 4.69) is 4.72 Å². The molecule has 12 heteroatoms. The number of carbonyl (C=O) groups is 1. The number of rotatable bonds is 6. The molecule has 0 aromatic heterocycles. The van der Waals surface area contributed by atoms with Crippen LogP contribution < -0.4 is 17.1 Å². The highest BCUT2D eigenvalue weighted by atomic mass is 35.5. The van der Waals surface area contributed by atoms with Gasteiger partial charge in [-0.25, -0.2) is 12.8 Å². The standard InChI is InChI=1S/C19H20Cl2FN3O4S.ClH/c20-14-12-15(21)18(30(28,29)23-17-4-2-1-3-16(17)22)11-13(14)19(27)25-7-5-24(6-8-25)9-10-26;/h1-4,11-12,23,26H,5-10H2;1H/p-1. The summed E-state index contributed by atoms with van der Waals surface area (Å²) in [5.74, 6) is -1.18. The van der Waals surface area contributed by atoms with Crippen LogP contribution in [0.3, 0.4) is 0 Å². The molecule has 2 aromatic carbocycles. The Hall–Kier alpha value is -1.62. The third-order valence-electron chi connectivity index (χ3n) is 4.74. The van der Waals surface area contributed by atoms with Crippen molar-refractivity contribution in [3.63, 3.8) is 0 Å². The van der Waals surface area contributed by atoms with E-state index in [9.17, 15) is 17.6 Å². The Kier molecular flexibility index (Phi) is 8.93. The van der Waals surface area contributed by atoms with Crippen LogP contribution in [0.5, 0.6) is 0 Å².